The average Bonchev–Trinajstić information content (AvgIpc) is 2.41. The lowest BCUT2D eigenvalue weighted by Crippen LogP contribution is -2.37. The Hall–Kier alpha value is -1.40. The third-order valence-corrected chi connectivity index (χ3v) is 3.80. The lowest BCUT2D eigenvalue weighted by Gasteiger charge is -2.22. The normalized spacial score (nSPS) is 18.9. The summed E-state index contributed by atoms with van der Waals surface area (Å²) in [6, 6.07) is 4.56. The van der Waals surface area contributed by atoms with Gasteiger partial charge in [0, 0.05) is 11.0 Å². The highest BCUT2D eigenvalue weighted by Gasteiger charge is 2.21. The molecule has 1 atom stereocenters. The lowest BCUT2D eigenvalue weighted by atomic mass is 9.99. The summed E-state index contributed by atoms with van der Waals surface area (Å²) < 4.78 is 0.574. The molecule has 6 heteroatoms. The van der Waals surface area contributed by atoms with Crippen molar-refractivity contribution in [3.8, 4) is 0 Å². The van der Waals surface area contributed by atoms with Crippen molar-refractivity contribution < 1.29 is 14.7 Å². The van der Waals surface area contributed by atoms with Gasteiger partial charge in [-0.05, 0) is 53.5 Å². The first kappa shape index (κ1) is 14.0. The van der Waals surface area contributed by atoms with Crippen LogP contribution in [0.15, 0.2) is 22.7 Å². The highest BCUT2D eigenvalue weighted by Crippen LogP contribution is 2.25. The van der Waals surface area contributed by atoms with E-state index in [0.717, 1.165) is 19.4 Å². The van der Waals surface area contributed by atoms with Gasteiger partial charge in [-0.15, -0.1) is 0 Å². The third kappa shape index (κ3) is 3.54. The SMILES string of the molecule is O=C(O)c1ccc(NC(=O)[C@H]2CCCNC2)c(Br)c1. The van der Waals surface area contributed by atoms with Crippen LogP contribution in [0.5, 0.6) is 0 Å². The number of hydrogen-bond acceptors (Lipinski definition) is 3. The van der Waals surface area contributed by atoms with Crippen molar-refractivity contribution in [2.75, 3.05) is 18.4 Å². The second kappa shape index (κ2) is 6.16. The van der Waals surface area contributed by atoms with E-state index in [4.69, 9.17) is 5.11 Å². The van der Waals surface area contributed by atoms with Crippen LogP contribution in [0.3, 0.4) is 0 Å². The van der Waals surface area contributed by atoms with Gasteiger partial charge < -0.3 is 15.7 Å². The molecule has 2 rings (SSSR count). The number of halogens is 1. The van der Waals surface area contributed by atoms with Crippen molar-refractivity contribution in [3.05, 3.63) is 28.2 Å². The molecule has 1 aliphatic heterocycles. The van der Waals surface area contributed by atoms with Crippen molar-refractivity contribution in [2.45, 2.75) is 12.8 Å². The summed E-state index contributed by atoms with van der Waals surface area (Å²) in [5.41, 5.74) is 0.782. The Labute approximate surface area is 119 Å². The summed E-state index contributed by atoms with van der Waals surface area (Å²) >= 11 is 3.27. The minimum Gasteiger partial charge on any atom is -0.478 e. The van der Waals surface area contributed by atoms with Gasteiger partial charge in [-0.1, -0.05) is 0 Å². The van der Waals surface area contributed by atoms with Gasteiger partial charge in [-0.25, -0.2) is 4.79 Å². The summed E-state index contributed by atoms with van der Waals surface area (Å²) in [5.74, 6) is -1.05. The van der Waals surface area contributed by atoms with Gasteiger partial charge in [0.05, 0.1) is 17.2 Å². The number of carbonyl (C=O) groups excluding carboxylic acids is 1. The van der Waals surface area contributed by atoms with E-state index in [-0.39, 0.29) is 17.4 Å². The van der Waals surface area contributed by atoms with Gasteiger partial charge in [0.2, 0.25) is 5.91 Å². The summed E-state index contributed by atoms with van der Waals surface area (Å²) in [4.78, 5) is 22.9. The molecule has 102 valence electrons. The first-order valence-electron chi connectivity index (χ1n) is 6.12. The highest BCUT2D eigenvalue weighted by molar-refractivity contribution is 9.10. The van der Waals surface area contributed by atoms with E-state index < -0.39 is 5.97 Å². The molecule has 3 N–H and O–H groups in total. The topological polar surface area (TPSA) is 78.4 Å². The average molecular weight is 327 g/mol. The zero-order valence-electron chi connectivity index (χ0n) is 10.3. The zero-order valence-corrected chi connectivity index (χ0v) is 11.9. The Morgan fingerprint density at radius 2 is 2.21 bits per heavy atom. The Balaban J connectivity index is 2.06. The molecule has 5 nitrogen and oxygen atoms in total. The number of hydrogen-bond donors (Lipinski definition) is 3. The summed E-state index contributed by atoms with van der Waals surface area (Å²) in [5, 5.41) is 14.9. The molecule has 1 amide bonds. The largest absolute Gasteiger partial charge is 0.478 e. The number of anilines is 1. The number of piperidine rings is 1. The second-order valence-corrected chi connectivity index (χ2v) is 5.39. The Morgan fingerprint density at radius 3 is 2.79 bits per heavy atom. The number of carboxylic acids is 1. The quantitative estimate of drug-likeness (QED) is 0.794. The van der Waals surface area contributed by atoms with Crippen molar-refractivity contribution in [1.29, 1.82) is 0 Å². The number of carboxylic acid groups (broad SMARTS) is 1. The van der Waals surface area contributed by atoms with Gasteiger partial charge in [0.1, 0.15) is 0 Å². The first-order valence-corrected chi connectivity index (χ1v) is 6.91. The number of nitrogens with one attached hydrogen (secondary N) is 2. The fourth-order valence-corrected chi connectivity index (χ4v) is 2.54. The molecule has 1 aromatic carbocycles. The molecule has 1 aromatic rings. The highest BCUT2D eigenvalue weighted by atomic mass is 79.9. The van der Waals surface area contributed by atoms with Crippen LogP contribution >= 0.6 is 15.9 Å². The van der Waals surface area contributed by atoms with Crippen LogP contribution in [0.4, 0.5) is 5.69 Å². The van der Waals surface area contributed by atoms with Gasteiger partial charge in [0.25, 0.3) is 0 Å². The van der Waals surface area contributed by atoms with Crippen LogP contribution in [-0.4, -0.2) is 30.1 Å². The van der Waals surface area contributed by atoms with Gasteiger partial charge >= 0.3 is 5.97 Å². The number of carbonyl (C=O) groups is 2. The zero-order chi connectivity index (χ0) is 13.8. The van der Waals surface area contributed by atoms with Crippen molar-refractivity contribution >= 4 is 33.5 Å². The van der Waals surface area contributed by atoms with Crippen LogP contribution in [0, 0.1) is 5.92 Å². The van der Waals surface area contributed by atoms with Gasteiger partial charge in [0.15, 0.2) is 0 Å². The molecule has 0 radical (unpaired) electrons. The van der Waals surface area contributed by atoms with Crippen molar-refractivity contribution in [3.63, 3.8) is 0 Å². The Kier molecular flexibility index (Phi) is 4.55. The van der Waals surface area contributed by atoms with E-state index >= 15 is 0 Å². The molecule has 0 aromatic heterocycles. The molecule has 19 heavy (non-hydrogen) atoms. The van der Waals surface area contributed by atoms with E-state index in [1.54, 1.807) is 6.07 Å². The third-order valence-electron chi connectivity index (χ3n) is 3.14. The Morgan fingerprint density at radius 1 is 1.42 bits per heavy atom. The number of aromatic carboxylic acids is 1. The van der Waals surface area contributed by atoms with Crippen LogP contribution in [0.1, 0.15) is 23.2 Å². The first-order chi connectivity index (χ1) is 9.08. The van der Waals surface area contributed by atoms with E-state index in [1.165, 1.54) is 12.1 Å². The maximum Gasteiger partial charge on any atom is 0.335 e. The van der Waals surface area contributed by atoms with E-state index in [1.807, 2.05) is 0 Å². The van der Waals surface area contributed by atoms with E-state index in [9.17, 15) is 9.59 Å². The summed E-state index contributed by atoms with van der Waals surface area (Å²) in [6.07, 6.45) is 1.88. The minimum atomic E-state index is -0.991. The number of rotatable bonds is 3. The predicted octanol–water partition coefficient (Wildman–Crippen LogP) is 2.09. The lowest BCUT2D eigenvalue weighted by molar-refractivity contribution is -0.120. The van der Waals surface area contributed by atoms with E-state index in [0.29, 0.717) is 16.7 Å². The predicted molar refractivity (Wildman–Crippen MR) is 75.3 cm³/mol. The molecule has 0 aliphatic carbocycles. The molecule has 1 aliphatic rings. The van der Waals surface area contributed by atoms with Gasteiger partial charge in [-0.2, -0.15) is 0 Å². The standard InChI is InChI=1S/C13H15BrN2O3/c14-10-6-8(13(18)19)3-4-11(10)16-12(17)9-2-1-5-15-7-9/h3-4,6,9,15H,1-2,5,7H2,(H,16,17)(H,18,19)/t9-/m0/s1. The van der Waals surface area contributed by atoms with Crippen molar-refractivity contribution in [2.24, 2.45) is 5.92 Å². The molecule has 0 saturated carbocycles. The molecular weight excluding hydrogens is 312 g/mol. The molecule has 0 unspecified atom stereocenters. The van der Waals surface area contributed by atoms with Crippen molar-refractivity contribution in [1.82, 2.24) is 5.32 Å². The van der Waals surface area contributed by atoms with Gasteiger partial charge in [-0.3, -0.25) is 4.79 Å². The molecular formula is C13H15BrN2O3. The van der Waals surface area contributed by atoms with E-state index in [2.05, 4.69) is 26.6 Å². The monoisotopic (exact) mass is 326 g/mol. The molecule has 1 saturated heterocycles. The van der Waals surface area contributed by atoms with Crippen LogP contribution in [0.25, 0.3) is 0 Å². The summed E-state index contributed by atoms with van der Waals surface area (Å²) in [6.45, 7) is 1.65. The maximum atomic E-state index is 12.1. The molecule has 0 bridgehead atoms. The molecule has 1 heterocycles. The molecule has 1 fully saturated rings. The summed E-state index contributed by atoms with van der Waals surface area (Å²) in [7, 11) is 0. The Bertz CT molecular complexity index is 499. The van der Waals surface area contributed by atoms with Crippen LogP contribution in [-0.2, 0) is 4.79 Å². The fraction of sp³-hybridized carbons (Fsp3) is 0.385. The number of benzene rings is 1. The molecule has 0 spiro atoms. The smallest absolute Gasteiger partial charge is 0.335 e. The van der Waals surface area contributed by atoms with Crippen LogP contribution < -0.4 is 10.6 Å². The maximum absolute atomic E-state index is 12.1. The second-order valence-electron chi connectivity index (χ2n) is 4.53. The minimum absolute atomic E-state index is 0.0280. The number of amides is 1. The fourth-order valence-electron chi connectivity index (χ4n) is 2.06. The van der Waals surface area contributed by atoms with Crippen LogP contribution in [0.2, 0.25) is 0 Å².